The van der Waals surface area contributed by atoms with Gasteiger partial charge < -0.3 is 14.8 Å². The van der Waals surface area contributed by atoms with E-state index in [9.17, 15) is 13.2 Å². The average Bonchev–Trinajstić information content (AvgIpc) is 3.22. The molecule has 2 unspecified atom stereocenters. The molecule has 0 saturated carbocycles. The summed E-state index contributed by atoms with van der Waals surface area (Å²) in [7, 11) is -3.65. The number of nitrogens with zero attached hydrogens (tertiary/aromatic N) is 1. The van der Waals surface area contributed by atoms with Crippen molar-refractivity contribution in [1.82, 2.24) is 9.62 Å². The molecule has 2 aliphatic rings. The number of carbonyl (C=O) groups excluding carboxylic acids is 1. The number of aryl methyl sites for hydroxylation is 1. The van der Waals surface area contributed by atoms with E-state index in [2.05, 4.69) is 5.32 Å². The van der Waals surface area contributed by atoms with Crippen LogP contribution in [0.5, 0.6) is 11.5 Å². The summed E-state index contributed by atoms with van der Waals surface area (Å²) in [6.45, 7) is 6.32. The van der Waals surface area contributed by atoms with Crippen LogP contribution in [0.1, 0.15) is 60.6 Å². The largest absolute Gasteiger partial charge is 0.454 e. The van der Waals surface area contributed by atoms with Crippen molar-refractivity contribution in [2.45, 2.75) is 57.0 Å². The third kappa shape index (κ3) is 4.27. The van der Waals surface area contributed by atoms with Gasteiger partial charge in [0.1, 0.15) is 0 Å². The minimum Gasteiger partial charge on any atom is -0.454 e. The van der Waals surface area contributed by atoms with Crippen LogP contribution in [0.25, 0.3) is 0 Å². The molecule has 1 N–H and O–H groups in total. The molecule has 0 spiro atoms. The number of hydrogen-bond donors (Lipinski definition) is 1. The Labute approximate surface area is 183 Å². The number of ether oxygens (including phenoxy) is 2. The lowest BCUT2D eigenvalue weighted by Crippen LogP contribution is -2.42. The van der Waals surface area contributed by atoms with Crippen LogP contribution in [-0.4, -0.2) is 38.0 Å². The molecule has 2 aliphatic heterocycles. The van der Waals surface area contributed by atoms with Crippen LogP contribution in [0.3, 0.4) is 0 Å². The zero-order valence-electron chi connectivity index (χ0n) is 18.1. The summed E-state index contributed by atoms with van der Waals surface area (Å²) in [5, 5.41) is 2.97. The van der Waals surface area contributed by atoms with Gasteiger partial charge in [0.15, 0.2) is 11.5 Å². The summed E-state index contributed by atoms with van der Waals surface area (Å²) in [6, 6.07) is 9.99. The van der Waals surface area contributed by atoms with E-state index in [0.29, 0.717) is 23.6 Å². The van der Waals surface area contributed by atoms with E-state index in [0.717, 1.165) is 30.4 Å². The van der Waals surface area contributed by atoms with Gasteiger partial charge in [-0.25, -0.2) is 8.42 Å². The van der Waals surface area contributed by atoms with Gasteiger partial charge in [-0.2, -0.15) is 4.31 Å². The third-order valence-electron chi connectivity index (χ3n) is 6.05. The highest BCUT2D eigenvalue weighted by molar-refractivity contribution is 7.89. The number of rotatable bonds is 5. The second-order valence-electron chi connectivity index (χ2n) is 8.25. The first kappa shape index (κ1) is 21.6. The summed E-state index contributed by atoms with van der Waals surface area (Å²) >= 11 is 0. The van der Waals surface area contributed by atoms with Crippen molar-refractivity contribution in [2.75, 3.05) is 13.3 Å². The van der Waals surface area contributed by atoms with E-state index in [4.69, 9.17) is 9.47 Å². The fourth-order valence-electron chi connectivity index (χ4n) is 4.11. The van der Waals surface area contributed by atoms with Crippen molar-refractivity contribution in [2.24, 2.45) is 0 Å². The van der Waals surface area contributed by atoms with E-state index < -0.39 is 10.0 Å². The molecule has 7 nitrogen and oxygen atoms in total. The Balaban J connectivity index is 1.56. The summed E-state index contributed by atoms with van der Waals surface area (Å²) < 4.78 is 38.7. The first-order valence-electron chi connectivity index (χ1n) is 10.6. The minimum absolute atomic E-state index is 0.0386. The monoisotopic (exact) mass is 444 g/mol. The molecule has 166 valence electrons. The first-order chi connectivity index (χ1) is 14.8. The van der Waals surface area contributed by atoms with E-state index >= 15 is 0 Å². The van der Waals surface area contributed by atoms with Gasteiger partial charge in [0, 0.05) is 18.2 Å². The van der Waals surface area contributed by atoms with Gasteiger partial charge in [0.2, 0.25) is 16.8 Å². The lowest BCUT2D eigenvalue weighted by Gasteiger charge is -2.32. The molecule has 31 heavy (non-hydrogen) atoms. The average molecular weight is 445 g/mol. The Kier molecular flexibility index (Phi) is 5.94. The van der Waals surface area contributed by atoms with Crippen LogP contribution in [0, 0.1) is 6.92 Å². The van der Waals surface area contributed by atoms with Crippen LogP contribution >= 0.6 is 0 Å². The molecule has 2 atom stereocenters. The minimum atomic E-state index is -3.65. The Bertz CT molecular complexity index is 1100. The van der Waals surface area contributed by atoms with Crippen molar-refractivity contribution < 1.29 is 22.7 Å². The predicted molar refractivity (Wildman–Crippen MR) is 117 cm³/mol. The smallest absolute Gasteiger partial charge is 0.252 e. The number of carbonyl (C=O) groups is 1. The van der Waals surface area contributed by atoms with Gasteiger partial charge in [-0.1, -0.05) is 18.6 Å². The number of nitrogens with one attached hydrogen (secondary N) is 1. The lowest BCUT2D eigenvalue weighted by atomic mass is 10.1. The molecule has 1 fully saturated rings. The van der Waals surface area contributed by atoms with E-state index in [1.807, 2.05) is 32.0 Å². The quantitative estimate of drug-likeness (QED) is 0.759. The zero-order chi connectivity index (χ0) is 22.2. The van der Waals surface area contributed by atoms with Crippen molar-refractivity contribution in [3.63, 3.8) is 0 Å². The first-order valence-corrected chi connectivity index (χ1v) is 12.0. The summed E-state index contributed by atoms with van der Waals surface area (Å²) in [6.07, 6.45) is 2.74. The van der Waals surface area contributed by atoms with Crippen molar-refractivity contribution >= 4 is 15.9 Å². The number of hydrogen-bond acceptors (Lipinski definition) is 5. The molecule has 2 aromatic rings. The number of sulfonamides is 1. The molecule has 0 aliphatic carbocycles. The van der Waals surface area contributed by atoms with Gasteiger partial charge in [-0.15, -0.1) is 0 Å². The van der Waals surface area contributed by atoms with Gasteiger partial charge in [0.25, 0.3) is 5.91 Å². The predicted octanol–water partition coefficient (Wildman–Crippen LogP) is 3.78. The molecule has 0 radical (unpaired) electrons. The standard InChI is InChI=1S/C23H28N2O5S/c1-15-7-9-19(31(27,28)25-11-5-4-6-16(25)2)13-20(15)23(26)24-17(3)18-8-10-21-22(12-18)30-14-29-21/h7-10,12-13,16-17H,4-6,11,14H2,1-3H3,(H,24,26). The van der Waals surface area contributed by atoms with Crippen molar-refractivity contribution in [1.29, 1.82) is 0 Å². The molecule has 8 heteroatoms. The van der Waals surface area contributed by atoms with Gasteiger partial charge in [-0.3, -0.25) is 4.79 Å². The molecule has 2 heterocycles. The second kappa shape index (κ2) is 8.51. The lowest BCUT2D eigenvalue weighted by molar-refractivity contribution is 0.0939. The summed E-state index contributed by atoms with van der Waals surface area (Å²) in [5.41, 5.74) is 1.96. The zero-order valence-corrected chi connectivity index (χ0v) is 18.9. The maximum absolute atomic E-state index is 13.2. The maximum atomic E-state index is 13.2. The second-order valence-corrected chi connectivity index (χ2v) is 10.1. The number of piperidine rings is 1. The highest BCUT2D eigenvalue weighted by atomic mass is 32.2. The van der Waals surface area contributed by atoms with Crippen molar-refractivity contribution in [3.05, 3.63) is 53.1 Å². The molecule has 0 aromatic heterocycles. The number of amides is 1. The SMILES string of the molecule is Cc1ccc(S(=O)(=O)N2CCCCC2C)cc1C(=O)NC(C)c1ccc2c(c1)OCO2. The van der Waals surface area contributed by atoms with E-state index in [1.165, 1.54) is 6.07 Å². The summed E-state index contributed by atoms with van der Waals surface area (Å²) in [5.74, 6) is 1.02. The Hall–Kier alpha value is -2.58. The van der Waals surface area contributed by atoms with E-state index in [-0.39, 0.29) is 29.7 Å². The molecule has 1 amide bonds. The summed E-state index contributed by atoms with van der Waals surface area (Å²) in [4.78, 5) is 13.2. The molecular formula is C23H28N2O5S. The number of benzene rings is 2. The molecule has 0 bridgehead atoms. The Morgan fingerprint density at radius 1 is 1.13 bits per heavy atom. The van der Waals surface area contributed by atoms with Crippen LogP contribution in [-0.2, 0) is 10.0 Å². The molecular weight excluding hydrogens is 416 g/mol. The van der Waals surface area contributed by atoms with Crippen LogP contribution in [0.4, 0.5) is 0 Å². The Morgan fingerprint density at radius 3 is 2.68 bits per heavy atom. The van der Waals surface area contributed by atoms with Crippen LogP contribution < -0.4 is 14.8 Å². The van der Waals surface area contributed by atoms with Gasteiger partial charge in [-0.05, 0) is 69.0 Å². The van der Waals surface area contributed by atoms with E-state index in [1.54, 1.807) is 23.4 Å². The number of fused-ring (bicyclic) bond motifs is 1. The van der Waals surface area contributed by atoms with Gasteiger partial charge >= 0.3 is 0 Å². The highest BCUT2D eigenvalue weighted by Gasteiger charge is 2.31. The fourth-order valence-corrected chi connectivity index (χ4v) is 5.84. The van der Waals surface area contributed by atoms with Gasteiger partial charge in [0.05, 0.1) is 10.9 Å². The fraction of sp³-hybridized carbons (Fsp3) is 0.435. The normalized spacial score (nSPS) is 19.8. The molecule has 4 rings (SSSR count). The van der Waals surface area contributed by atoms with Crippen LogP contribution in [0.15, 0.2) is 41.3 Å². The van der Waals surface area contributed by atoms with Crippen LogP contribution in [0.2, 0.25) is 0 Å². The molecule has 1 saturated heterocycles. The van der Waals surface area contributed by atoms with Crippen molar-refractivity contribution in [3.8, 4) is 11.5 Å². The third-order valence-corrected chi connectivity index (χ3v) is 8.06. The molecule has 2 aromatic carbocycles. The topological polar surface area (TPSA) is 84.9 Å². The highest BCUT2D eigenvalue weighted by Crippen LogP contribution is 2.34. The Morgan fingerprint density at radius 2 is 1.90 bits per heavy atom. The maximum Gasteiger partial charge on any atom is 0.252 e.